The minimum absolute atomic E-state index is 0.129. The second-order valence-electron chi connectivity index (χ2n) is 9.77. The van der Waals surface area contributed by atoms with Gasteiger partial charge in [0.15, 0.2) is 6.10 Å². The molecule has 1 fully saturated rings. The molecule has 4 aromatic rings. The average molecular weight is 539 g/mol. The van der Waals surface area contributed by atoms with Gasteiger partial charge >= 0.3 is 5.97 Å². The molecule has 0 aromatic heterocycles. The van der Waals surface area contributed by atoms with Crippen LogP contribution >= 0.6 is 0 Å². The molecule has 3 atom stereocenters. The molecule has 0 radical (unpaired) electrons. The van der Waals surface area contributed by atoms with Crippen molar-refractivity contribution in [3.05, 3.63) is 138 Å². The quantitative estimate of drug-likeness (QED) is 0.187. The summed E-state index contributed by atoms with van der Waals surface area (Å²) in [6.45, 7) is 1.79. The highest BCUT2D eigenvalue weighted by molar-refractivity contribution is 5.71. The van der Waals surface area contributed by atoms with E-state index in [2.05, 4.69) is 0 Å². The van der Waals surface area contributed by atoms with Crippen molar-refractivity contribution in [2.75, 3.05) is 6.61 Å². The first kappa shape index (κ1) is 27.6. The van der Waals surface area contributed by atoms with Gasteiger partial charge in [-0.3, -0.25) is 4.79 Å². The van der Waals surface area contributed by atoms with Gasteiger partial charge in [-0.2, -0.15) is 0 Å². The number of cyclic esters (lactones) is 1. The number of benzene rings is 4. The number of ether oxygens (including phenoxy) is 5. The largest absolute Gasteiger partial charge is 0.489 e. The number of esters is 1. The summed E-state index contributed by atoms with van der Waals surface area (Å²) in [5.41, 5.74) is 4.14. The highest BCUT2D eigenvalue weighted by atomic mass is 16.6. The molecule has 0 spiro atoms. The molecule has 6 nitrogen and oxygen atoms in total. The van der Waals surface area contributed by atoms with Crippen LogP contribution in [0.1, 0.15) is 28.7 Å². The third-order valence-corrected chi connectivity index (χ3v) is 6.67. The summed E-state index contributed by atoms with van der Waals surface area (Å²) in [5, 5.41) is 0. The molecule has 0 bridgehead atoms. The van der Waals surface area contributed by atoms with E-state index in [4.69, 9.17) is 23.7 Å². The van der Waals surface area contributed by atoms with Crippen molar-refractivity contribution >= 4 is 5.97 Å². The lowest BCUT2D eigenvalue weighted by Crippen LogP contribution is -2.51. The third-order valence-electron chi connectivity index (χ3n) is 6.67. The standard InChI is InChI=1S/C34H34O6/c35-33-20-31(38-23-27-13-6-2-7-14-27)34(39-24-28-15-8-3-9-16-28)32(40-33)25-36-21-29-17-10-18-30(19-29)37-22-26-11-4-1-5-12-26/h1-19,31-32,34H,20-25H2. The van der Waals surface area contributed by atoms with Crippen LogP contribution in [0.15, 0.2) is 115 Å². The van der Waals surface area contributed by atoms with E-state index < -0.39 is 18.3 Å². The fourth-order valence-electron chi connectivity index (χ4n) is 4.60. The minimum Gasteiger partial charge on any atom is -0.489 e. The number of carbonyl (C=O) groups excluding carboxylic acids is 1. The molecule has 206 valence electrons. The lowest BCUT2D eigenvalue weighted by Gasteiger charge is -2.37. The Morgan fingerprint density at radius 1 is 0.625 bits per heavy atom. The van der Waals surface area contributed by atoms with Gasteiger partial charge in [-0.25, -0.2) is 0 Å². The molecule has 0 saturated carbocycles. The van der Waals surface area contributed by atoms with Gasteiger partial charge < -0.3 is 23.7 Å². The van der Waals surface area contributed by atoms with Crippen LogP contribution in [0, 0.1) is 0 Å². The second kappa shape index (κ2) is 14.4. The minimum atomic E-state index is -0.594. The Morgan fingerprint density at radius 2 is 1.20 bits per heavy atom. The molecule has 40 heavy (non-hydrogen) atoms. The topological polar surface area (TPSA) is 63.2 Å². The van der Waals surface area contributed by atoms with Gasteiger partial charge in [0, 0.05) is 0 Å². The van der Waals surface area contributed by atoms with Crippen molar-refractivity contribution in [2.24, 2.45) is 0 Å². The fourth-order valence-corrected chi connectivity index (χ4v) is 4.60. The fraction of sp³-hybridized carbons (Fsp3) is 0.265. The van der Waals surface area contributed by atoms with E-state index in [1.54, 1.807) is 0 Å². The van der Waals surface area contributed by atoms with Crippen molar-refractivity contribution in [1.29, 1.82) is 0 Å². The van der Waals surface area contributed by atoms with Gasteiger partial charge in [0.25, 0.3) is 0 Å². The molecular formula is C34H34O6. The Hall–Kier alpha value is -3.97. The van der Waals surface area contributed by atoms with Crippen LogP contribution in [-0.2, 0) is 50.2 Å². The maximum absolute atomic E-state index is 12.6. The zero-order chi connectivity index (χ0) is 27.4. The molecule has 5 rings (SSSR count). The van der Waals surface area contributed by atoms with Crippen molar-refractivity contribution < 1.29 is 28.5 Å². The predicted molar refractivity (Wildman–Crippen MR) is 151 cm³/mol. The summed E-state index contributed by atoms with van der Waals surface area (Å²) in [6.07, 6.45) is -1.39. The van der Waals surface area contributed by atoms with Crippen LogP contribution in [0.2, 0.25) is 0 Å². The molecule has 0 aliphatic carbocycles. The van der Waals surface area contributed by atoms with Gasteiger partial charge in [0.1, 0.15) is 18.5 Å². The molecule has 6 heteroatoms. The first-order valence-electron chi connectivity index (χ1n) is 13.6. The number of rotatable bonds is 13. The summed E-state index contributed by atoms with van der Waals surface area (Å²) in [6, 6.07) is 37.7. The monoisotopic (exact) mass is 538 g/mol. The number of hydrogen-bond donors (Lipinski definition) is 0. The highest BCUT2D eigenvalue weighted by Gasteiger charge is 2.40. The van der Waals surface area contributed by atoms with E-state index in [1.165, 1.54) is 0 Å². The van der Waals surface area contributed by atoms with Gasteiger partial charge in [-0.05, 0) is 34.4 Å². The van der Waals surface area contributed by atoms with E-state index in [-0.39, 0.29) is 19.0 Å². The van der Waals surface area contributed by atoms with E-state index in [1.807, 2.05) is 115 Å². The molecule has 4 aromatic carbocycles. The summed E-state index contributed by atoms with van der Waals surface area (Å²) in [5.74, 6) is 0.454. The van der Waals surface area contributed by atoms with E-state index in [0.29, 0.717) is 26.4 Å². The molecule has 0 N–H and O–H groups in total. The van der Waals surface area contributed by atoms with Crippen LogP contribution in [0.4, 0.5) is 0 Å². The summed E-state index contributed by atoms with van der Waals surface area (Å²) >= 11 is 0. The van der Waals surface area contributed by atoms with Gasteiger partial charge in [-0.15, -0.1) is 0 Å². The molecule has 1 heterocycles. The van der Waals surface area contributed by atoms with Gasteiger partial charge in [0.05, 0.1) is 39.0 Å². The first-order valence-corrected chi connectivity index (χ1v) is 13.6. The Kier molecular flexibility index (Phi) is 9.95. The van der Waals surface area contributed by atoms with Crippen LogP contribution in [0.3, 0.4) is 0 Å². The van der Waals surface area contributed by atoms with Crippen molar-refractivity contribution in [1.82, 2.24) is 0 Å². The number of hydrogen-bond acceptors (Lipinski definition) is 6. The lowest BCUT2D eigenvalue weighted by molar-refractivity contribution is -0.205. The summed E-state index contributed by atoms with van der Waals surface area (Å²) < 4.78 is 30.3. The lowest BCUT2D eigenvalue weighted by atomic mass is 10.0. The molecule has 1 saturated heterocycles. The van der Waals surface area contributed by atoms with Crippen LogP contribution < -0.4 is 4.74 Å². The zero-order valence-corrected chi connectivity index (χ0v) is 22.4. The maximum Gasteiger partial charge on any atom is 0.308 e. The molecule has 1 aliphatic rings. The Bertz CT molecular complexity index is 1310. The smallest absolute Gasteiger partial charge is 0.308 e. The van der Waals surface area contributed by atoms with Crippen molar-refractivity contribution in [3.63, 3.8) is 0 Å². The van der Waals surface area contributed by atoms with Crippen LogP contribution in [0.25, 0.3) is 0 Å². The average Bonchev–Trinajstić information content (AvgIpc) is 3.00. The predicted octanol–water partition coefficient (Wildman–Crippen LogP) is 6.27. The highest BCUT2D eigenvalue weighted by Crippen LogP contribution is 2.25. The third kappa shape index (κ3) is 8.26. The van der Waals surface area contributed by atoms with Crippen LogP contribution in [0.5, 0.6) is 5.75 Å². The molecule has 1 aliphatic heterocycles. The van der Waals surface area contributed by atoms with Crippen molar-refractivity contribution in [3.8, 4) is 5.75 Å². The Balaban J connectivity index is 1.20. The second-order valence-corrected chi connectivity index (χ2v) is 9.77. The molecular weight excluding hydrogens is 504 g/mol. The van der Waals surface area contributed by atoms with Gasteiger partial charge in [0.2, 0.25) is 0 Å². The van der Waals surface area contributed by atoms with E-state index >= 15 is 0 Å². The SMILES string of the molecule is O=C1CC(OCc2ccccc2)C(OCc2ccccc2)C(COCc2cccc(OCc3ccccc3)c2)O1. The normalized spacial score (nSPS) is 18.7. The Morgan fingerprint density at radius 3 is 1.85 bits per heavy atom. The summed E-state index contributed by atoms with van der Waals surface area (Å²) in [4.78, 5) is 12.6. The molecule has 0 amide bonds. The van der Waals surface area contributed by atoms with E-state index in [9.17, 15) is 4.79 Å². The maximum atomic E-state index is 12.6. The molecule has 3 unspecified atom stereocenters. The zero-order valence-electron chi connectivity index (χ0n) is 22.4. The van der Waals surface area contributed by atoms with Crippen LogP contribution in [-0.4, -0.2) is 30.9 Å². The van der Waals surface area contributed by atoms with Gasteiger partial charge in [-0.1, -0.05) is 103 Å². The summed E-state index contributed by atoms with van der Waals surface area (Å²) in [7, 11) is 0. The van der Waals surface area contributed by atoms with E-state index in [0.717, 1.165) is 28.0 Å². The number of carbonyl (C=O) groups is 1. The first-order chi connectivity index (χ1) is 19.7. The Labute approximate surface area is 235 Å². The van der Waals surface area contributed by atoms with Crippen molar-refractivity contribution in [2.45, 2.75) is 51.2 Å².